The minimum absolute atomic E-state index is 0.0952. The van der Waals surface area contributed by atoms with Crippen molar-refractivity contribution in [2.45, 2.75) is 435 Å². The number of aliphatic carboxylic acids is 2. The van der Waals surface area contributed by atoms with Crippen LogP contribution in [-0.4, -0.2) is 396 Å². The highest BCUT2D eigenvalue weighted by Gasteiger charge is 2.64. The summed E-state index contributed by atoms with van der Waals surface area (Å²) in [6.45, 7) is -0.838. The summed E-state index contributed by atoms with van der Waals surface area (Å²) in [5, 5.41) is 247. The van der Waals surface area contributed by atoms with Crippen molar-refractivity contribution in [3.05, 3.63) is 12.2 Å². The van der Waals surface area contributed by atoms with E-state index in [2.05, 4.69) is 35.1 Å². The lowest BCUT2D eigenvalue weighted by atomic mass is 9.88. The summed E-state index contributed by atoms with van der Waals surface area (Å²) in [5.41, 5.74) is 0. The zero-order valence-corrected chi connectivity index (χ0v) is 73.5. The minimum Gasteiger partial charge on any atom is -0.477 e. The fourth-order valence-corrected chi connectivity index (χ4v) is 16.9. The lowest BCUT2D eigenvalue weighted by Gasteiger charge is -2.53. The molecule has 6 aliphatic heterocycles. The molecule has 0 spiro atoms. The van der Waals surface area contributed by atoms with Gasteiger partial charge in [-0.2, -0.15) is 0 Å². The van der Waals surface area contributed by atoms with Crippen LogP contribution >= 0.6 is 0 Å². The van der Waals surface area contributed by atoms with E-state index in [9.17, 15) is 136 Å². The van der Waals surface area contributed by atoms with Gasteiger partial charge in [0.2, 0.25) is 23.6 Å². The number of aliphatic hydroxyl groups is 19. The molecule has 4 amide bonds. The van der Waals surface area contributed by atoms with Crippen molar-refractivity contribution in [1.29, 1.82) is 0 Å². The van der Waals surface area contributed by atoms with E-state index in [-0.39, 0.29) is 6.42 Å². The second-order valence-corrected chi connectivity index (χ2v) is 34.2. The van der Waals surface area contributed by atoms with Gasteiger partial charge in [-0.3, -0.25) is 19.2 Å². The fraction of sp³-hybridized carbons (Fsp3) is 0.905. The Balaban J connectivity index is 1.30. The van der Waals surface area contributed by atoms with Crippen LogP contribution in [0.1, 0.15) is 227 Å². The Morgan fingerprint density at radius 1 is 0.409 bits per heavy atom. The highest BCUT2D eigenvalue weighted by Crippen LogP contribution is 2.43. The number of hydrogen-bond acceptors (Lipinski definition) is 37. The largest absolute Gasteiger partial charge is 0.477 e. The number of carboxylic acids is 2. The molecule has 0 radical (unpaired) electrons. The molecule has 738 valence electrons. The van der Waals surface area contributed by atoms with Crippen molar-refractivity contribution in [2.24, 2.45) is 0 Å². The summed E-state index contributed by atoms with van der Waals surface area (Å²) in [5.74, 6) is -14.5. The standard InChI is InChI=1S/C84H148N4O39/c1-6-8-10-12-14-16-18-20-21-23-25-27-29-31-33-35-58(103)88-48(49(98)34-32-30-28-26-24-22-19-17-15-13-11-9-7-2)44-116-78-67(109)66(108)70(56(42-93)119-78)121-80-69(111)76(127-84(82(114)115)37-51(100)60(86-46(4)96)74(125-84)63(105)53(102)39-90)71(57(43-94)120-80)122-77-61(87-47(5)97)72(64(106)54(40-91)117-77)123-79-68(110)75(65(107)55(41-92)118-79)126-83(81(112)113)36-50(99)59(85-45(3)95)73(124-83)62(104)52(101)38-89/h32,34,48-57,59-80,89-94,98-102,104-111H,6-31,33,35-44H2,1-5H3,(H,85,95)(H,86,96)(H,87,97)(H,88,103)(H,112,113)(H,114,115). The van der Waals surface area contributed by atoms with Crippen LogP contribution in [0, 0.1) is 0 Å². The zero-order chi connectivity index (χ0) is 93.8. The van der Waals surface area contributed by atoms with Crippen molar-refractivity contribution in [2.75, 3.05) is 46.2 Å². The van der Waals surface area contributed by atoms with Crippen molar-refractivity contribution in [3.63, 3.8) is 0 Å². The number of carboxylic acid groups (broad SMARTS) is 2. The molecular weight excluding hydrogens is 1690 g/mol. The first-order chi connectivity index (χ1) is 60.6. The maximum absolute atomic E-state index is 14.0. The van der Waals surface area contributed by atoms with Crippen LogP contribution in [0.15, 0.2) is 12.2 Å². The maximum atomic E-state index is 14.0. The third-order valence-corrected chi connectivity index (χ3v) is 24.1. The third kappa shape index (κ3) is 32.6. The number of aliphatic hydroxyl groups excluding tert-OH is 19. The second-order valence-electron chi connectivity index (χ2n) is 34.2. The third-order valence-electron chi connectivity index (χ3n) is 24.1. The molecule has 43 nitrogen and oxygen atoms in total. The van der Waals surface area contributed by atoms with E-state index in [0.29, 0.717) is 12.8 Å². The average molecular weight is 1840 g/mol. The van der Waals surface area contributed by atoms with Crippen LogP contribution < -0.4 is 21.3 Å². The molecule has 6 fully saturated rings. The Bertz CT molecular complexity index is 3200. The number of carbonyl (C=O) groups is 6. The number of carbonyl (C=O) groups excluding carboxylic acids is 4. The van der Waals surface area contributed by atoms with E-state index in [1.54, 1.807) is 6.08 Å². The Kier molecular flexibility index (Phi) is 49.4. The molecule has 6 aliphatic rings. The van der Waals surface area contributed by atoms with Crippen molar-refractivity contribution in [1.82, 2.24) is 21.3 Å². The highest BCUT2D eigenvalue weighted by atomic mass is 16.8. The zero-order valence-electron chi connectivity index (χ0n) is 73.5. The number of hydrogen-bond donors (Lipinski definition) is 25. The molecule has 0 aromatic carbocycles. The molecule has 0 aromatic rings. The Morgan fingerprint density at radius 3 is 1.20 bits per heavy atom. The highest BCUT2D eigenvalue weighted by molar-refractivity contribution is 5.78. The Morgan fingerprint density at radius 2 is 0.772 bits per heavy atom. The molecule has 0 saturated carbocycles. The van der Waals surface area contributed by atoms with Crippen LogP contribution in [0.25, 0.3) is 0 Å². The molecule has 0 aliphatic carbocycles. The van der Waals surface area contributed by atoms with Crippen LogP contribution in [0.3, 0.4) is 0 Å². The van der Waals surface area contributed by atoms with Crippen molar-refractivity contribution >= 4 is 35.6 Å². The Labute approximate surface area is 740 Å². The number of amides is 4. The van der Waals surface area contributed by atoms with Gasteiger partial charge < -0.3 is 185 Å². The van der Waals surface area contributed by atoms with Gasteiger partial charge in [-0.25, -0.2) is 9.59 Å². The van der Waals surface area contributed by atoms with Gasteiger partial charge in [0, 0.05) is 40.0 Å². The average Bonchev–Trinajstić information content (AvgIpc) is 0.749. The lowest BCUT2D eigenvalue weighted by Crippen LogP contribution is -2.72. The summed E-state index contributed by atoms with van der Waals surface area (Å²) >= 11 is 0. The number of unbranched alkanes of at least 4 members (excludes halogenated alkanes) is 25. The summed E-state index contributed by atoms with van der Waals surface area (Å²) in [7, 11) is 0. The summed E-state index contributed by atoms with van der Waals surface area (Å²) in [6.07, 6.45) is -32.2. The van der Waals surface area contributed by atoms with E-state index in [4.69, 9.17) is 56.8 Å². The van der Waals surface area contributed by atoms with Crippen LogP contribution in [-0.2, 0) is 85.6 Å². The smallest absolute Gasteiger partial charge is 0.364 e. The summed E-state index contributed by atoms with van der Waals surface area (Å²) in [6, 6.07) is -6.94. The van der Waals surface area contributed by atoms with Crippen molar-refractivity contribution < 1.29 is 193 Å². The van der Waals surface area contributed by atoms with E-state index >= 15 is 0 Å². The minimum atomic E-state index is -3.50. The molecule has 127 heavy (non-hydrogen) atoms. The van der Waals surface area contributed by atoms with E-state index < -0.39 is 302 Å². The van der Waals surface area contributed by atoms with Gasteiger partial charge in [0.25, 0.3) is 11.6 Å². The van der Waals surface area contributed by atoms with Gasteiger partial charge in [0.05, 0.1) is 82.7 Å². The van der Waals surface area contributed by atoms with E-state index in [0.717, 1.165) is 85.0 Å². The first kappa shape index (κ1) is 111. The maximum Gasteiger partial charge on any atom is 0.364 e. The topological polar surface area (TPSA) is 686 Å². The molecule has 0 bridgehead atoms. The van der Waals surface area contributed by atoms with Gasteiger partial charge >= 0.3 is 11.9 Å². The Hall–Kier alpha value is -4.68. The monoisotopic (exact) mass is 1840 g/mol. The molecule has 43 heteroatoms. The molecule has 34 unspecified atom stereocenters. The summed E-state index contributed by atoms with van der Waals surface area (Å²) < 4.78 is 72.4. The first-order valence-electron chi connectivity index (χ1n) is 45.2. The number of ether oxygens (including phenoxy) is 12. The van der Waals surface area contributed by atoms with Crippen LogP contribution in [0.2, 0.25) is 0 Å². The van der Waals surface area contributed by atoms with Gasteiger partial charge in [-0.15, -0.1) is 0 Å². The van der Waals surface area contributed by atoms with Gasteiger partial charge in [-0.05, 0) is 19.3 Å². The fourth-order valence-electron chi connectivity index (χ4n) is 16.9. The predicted octanol–water partition coefficient (Wildman–Crippen LogP) is -3.87. The van der Waals surface area contributed by atoms with Gasteiger partial charge in [0.15, 0.2) is 25.2 Å². The van der Waals surface area contributed by atoms with Crippen LogP contribution in [0.4, 0.5) is 0 Å². The molecule has 6 heterocycles. The quantitative estimate of drug-likeness (QED) is 0.0205. The van der Waals surface area contributed by atoms with E-state index in [1.807, 2.05) is 0 Å². The van der Waals surface area contributed by atoms with E-state index in [1.165, 1.54) is 102 Å². The normalized spacial score (nSPS) is 35.1. The second kappa shape index (κ2) is 56.5. The van der Waals surface area contributed by atoms with Gasteiger partial charge in [0.1, 0.15) is 134 Å². The molecule has 6 rings (SSSR count). The SMILES string of the molecule is CCCCCCCCCCCCCC=CC(O)C(COC1OC(CO)C(OC2OC(CO)C(OC3OC(CO)C(O)C(OC4OC(CO)C(O)C(OC5(C(=O)O)CC(O)C(NC(C)=O)C(C(O)C(O)CO)O5)C4O)C3NC(C)=O)C(OC3(C(=O)O)CC(O)C(NC(C)=O)C(C(O)C(O)CO)O3)C2O)C(O)C1O)NC(=O)CCCCCCCCCCCCCCCCC. The molecule has 0 aromatic heterocycles. The van der Waals surface area contributed by atoms with Crippen molar-refractivity contribution in [3.8, 4) is 0 Å². The molecule has 6 saturated heterocycles. The molecule has 34 atom stereocenters. The number of allylic oxidation sites excluding steroid dienone is 1. The van der Waals surface area contributed by atoms with Gasteiger partial charge in [-0.1, -0.05) is 180 Å². The number of nitrogens with one attached hydrogen (secondary N) is 4. The first-order valence-corrected chi connectivity index (χ1v) is 45.2. The molecular formula is C84H148N4O39. The summed E-state index contributed by atoms with van der Waals surface area (Å²) in [4.78, 5) is 79.6. The lowest BCUT2D eigenvalue weighted by molar-refractivity contribution is -0.405. The molecule has 25 N–H and O–H groups in total. The predicted molar refractivity (Wildman–Crippen MR) is 440 cm³/mol. The van der Waals surface area contributed by atoms with Crippen LogP contribution in [0.5, 0.6) is 0 Å². The number of rotatable bonds is 59.